The van der Waals surface area contributed by atoms with E-state index in [2.05, 4.69) is 14.9 Å². The topological polar surface area (TPSA) is 67.4 Å². The van der Waals surface area contributed by atoms with E-state index in [1.54, 1.807) is 28.1 Å². The van der Waals surface area contributed by atoms with Crippen molar-refractivity contribution in [3.8, 4) is 0 Å². The third-order valence-electron chi connectivity index (χ3n) is 5.03. The van der Waals surface area contributed by atoms with Gasteiger partial charge in [-0.2, -0.15) is 4.98 Å². The van der Waals surface area contributed by atoms with Gasteiger partial charge in [-0.15, -0.1) is 0 Å². The second-order valence-corrected chi connectivity index (χ2v) is 7.15. The SMILES string of the molecule is CN(CC1CCN(c2nc3ccc(F)cc3o2)CC1)C(=O)c1cn(C)cn1. The second kappa shape index (κ2) is 7.02. The molecule has 4 rings (SSSR count). The van der Waals surface area contributed by atoms with Crippen molar-refractivity contribution in [1.82, 2.24) is 19.4 Å². The molecular formula is C19H22FN5O2. The Morgan fingerprint density at radius 1 is 1.37 bits per heavy atom. The van der Waals surface area contributed by atoms with Crippen molar-refractivity contribution >= 4 is 23.0 Å². The Morgan fingerprint density at radius 2 is 2.15 bits per heavy atom. The third kappa shape index (κ3) is 3.65. The van der Waals surface area contributed by atoms with Crippen LogP contribution in [-0.4, -0.2) is 52.0 Å². The fourth-order valence-corrected chi connectivity index (χ4v) is 3.52. The molecule has 1 fully saturated rings. The summed E-state index contributed by atoms with van der Waals surface area (Å²) in [5, 5.41) is 0. The van der Waals surface area contributed by atoms with Gasteiger partial charge in [-0.25, -0.2) is 9.37 Å². The van der Waals surface area contributed by atoms with Crippen molar-refractivity contribution in [3.05, 3.63) is 42.2 Å². The molecule has 1 aliphatic rings. The van der Waals surface area contributed by atoms with Gasteiger partial charge in [-0.1, -0.05) is 0 Å². The van der Waals surface area contributed by atoms with Gasteiger partial charge in [0, 0.05) is 46.0 Å². The zero-order valence-corrected chi connectivity index (χ0v) is 15.4. The maximum atomic E-state index is 13.3. The van der Waals surface area contributed by atoms with Crippen LogP contribution in [0, 0.1) is 11.7 Å². The molecule has 1 saturated heterocycles. The number of carbonyl (C=O) groups excluding carboxylic acids is 1. The number of hydrogen-bond acceptors (Lipinski definition) is 5. The van der Waals surface area contributed by atoms with Crippen LogP contribution in [0.3, 0.4) is 0 Å². The molecule has 0 unspecified atom stereocenters. The van der Waals surface area contributed by atoms with Gasteiger partial charge in [-0.05, 0) is 30.9 Å². The van der Waals surface area contributed by atoms with Gasteiger partial charge in [0.05, 0.1) is 6.33 Å². The number of aryl methyl sites for hydroxylation is 1. The third-order valence-corrected chi connectivity index (χ3v) is 5.03. The number of fused-ring (bicyclic) bond motifs is 1. The molecule has 3 heterocycles. The number of oxazole rings is 1. The number of anilines is 1. The molecule has 0 radical (unpaired) electrons. The van der Waals surface area contributed by atoms with Crippen LogP contribution >= 0.6 is 0 Å². The fraction of sp³-hybridized carbons (Fsp3) is 0.421. The number of benzene rings is 1. The Kier molecular flexibility index (Phi) is 4.55. The first-order chi connectivity index (χ1) is 13.0. The predicted octanol–water partition coefficient (Wildman–Crippen LogP) is 2.69. The fourth-order valence-electron chi connectivity index (χ4n) is 3.52. The Hall–Kier alpha value is -2.90. The summed E-state index contributed by atoms with van der Waals surface area (Å²) in [6.07, 6.45) is 5.24. The van der Waals surface area contributed by atoms with E-state index in [0.29, 0.717) is 35.3 Å². The highest BCUT2D eigenvalue weighted by molar-refractivity contribution is 5.91. The first kappa shape index (κ1) is 17.5. The molecule has 1 aromatic carbocycles. The number of amides is 1. The summed E-state index contributed by atoms with van der Waals surface area (Å²) in [5.74, 6) is 0.0317. The van der Waals surface area contributed by atoms with Crippen LogP contribution in [0.2, 0.25) is 0 Å². The van der Waals surface area contributed by atoms with Crippen LogP contribution in [-0.2, 0) is 7.05 Å². The van der Waals surface area contributed by atoms with Crippen molar-refractivity contribution in [2.75, 3.05) is 31.6 Å². The van der Waals surface area contributed by atoms with E-state index in [9.17, 15) is 9.18 Å². The number of imidazole rings is 1. The average Bonchev–Trinajstić information content (AvgIpc) is 3.27. The summed E-state index contributed by atoms with van der Waals surface area (Å²) in [4.78, 5) is 24.8. The normalized spacial score (nSPS) is 15.4. The van der Waals surface area contributed by atoms with Crippen LogP contribution in [0.5, 0.6) is 0 Å². The number of halogens is 1. The molecule has 142 valence electrons. The van der Waals surface area contributed by atoms with Crippen molar-refractivity contribution in [3.63, 3.8) is 0 Å². The Labute approximate surface area is 156 Å². The summed E-state index contributed by atoms with van der Waals surface area (Å²) in [7, 11) is 3.67. The number of piperidine rings is 1. The van der Waals surface area contributed by atoms with Gasteiger partial charge >= 0.3 is 0 Å². The predicted molar refractivity (Wildman–Crippen MR) is 99.1 cm³/mol. The lowest BCUT2D eigenvalue weighted by atomic mass is 9.96. The largest absolute Gasteiger partial charge is 0.423 e. The minimum atomic E-state index is -0.329. The Morgan fingerprint density at radius 3 is 2.85 bits per heavy atom. The summed E-state index contributed by atoms with van der Waals surface area (Å²) in [6, 6.07) is 4.90. The molecule has 3 aromatic rings. The van der Waals surface area contributed by atoms with Gasteiger partial charge in [0.25, 0.3) is 11.9 Å². The zero-order chi connectivity index (χ0) is 19.0. The number of nitrogens with zero attached hydrogens (tertiary/aromatic N) is 5. The maximum absolute atomic E-state index is 13.3. The Bertz CT molecular complexity index is 958. The molecule has 0 aliphatic carbocycles. The van der Waals surface area contributed by atoms with Crippen molar-refractivity contribution in [2.45, 2.75) is 12.8 Å². The first-order valence-corrected chi connectivity index (χ1v) is 9.04. The van der Waals surface area contributed by atoms with Crippen LogP contribution in [0.4, 0.5) is 10.4 Å². The van der Waals surface area contributed by atoms with E-state index < -0.39 is 0 Å². The van der Waals surface area contributed by atoms with E-state index in [4.69, 9.17) is 4.42 Å². The molecule has 0 bridgehead atoms. The van der Waals surface area contributed by atoms with Crippen molar-refractivity contribution < 1.29 is 13.6 Å². The van der Waals surface area contributed by atoms with E-state index in [0.717, 1.165) is 25.9 Å². The van der Waals surface area contributed by atoms with Gasteiger partial charge in [0.2, 0.25) is 0 Å². The Balaban J connectivity index is 1.34. The van der Waals surface area contributed by atoms with E-state index >= 15 is 0 Å². The molecule has 1 amide bonds. The van der Waals surface area contributed by atoms with Crippen LogP contribution < -0.4 is 4.90 Å². The number of carbonyl (C=O) groups is 1. The highest BCUT2D eigenvalue weighted by atomic mass is 19.1. The van der Waals surface area contributed by atoms with Gasteiger partial charge in [0.1, 0.15) is 17.0 Å². The zero-order valence-electron chi connectivity index (χ0n) is 15.4. The minimum absolute atomic E-state index is 0.0565. The van der Waals surface area contributed by atoms with E-state index in [1.807, 2.05) is 14.1 Å². The molecule has 7 nitrogen and oxygen atoms in total. The molecule has 0 saturated carbocycles. The lowest BCUT2D eigenvalue weighted by Gasteiger charge is -2.32. The highest BCUT2D eigenvalue weighted by Gasteiger charge is 2.25. The number of aromatic nitrogens is 3. The van der Waals surface area contributed by atoms with Gasteiger partial charge in [-0.3, -0.25) is 4.79 Å². The molecule has 2 aromatic heterocycles. The lowest BCUT2D eigenvalue weighted by Crippen LogP contribution is -2.39. The van der Waals surface area contributed by atoms with E-state index in [1.165, 1.54) is 12.1 Å². The summed E-state index contributed by atoms with van der Waals surface area (Å²) in [6.45, 7) is 2.29. The maximum Gasteiger partial charge on any atom is 0.298 e. The first-order valence-electron chi connectivity index (χ1n) is 9.04. The standard InChI is InChI=1S/C19H22FN5O2/c1-23-11-16(21-12-23)18(26)24(2)10-13-5-7-25(8-6-13)19-22-15-4-3-14(20)9-17(15)27-19/h3-4,9,11-13H,5-8,10H2,1-2H3. The molecule has 27 heavy (non-hydrogen) atoms. The van der Waals surface area contributed by atoms with Crippen molar-refractivity contribution in [2.24, 2.45) is 13.0 Å². The molecule has 1 aliphatic heterocycles. The lowest BCUT2D eigenvalue weighted by molar-refractivity contribution is 0.0759. The van der Waals surface area contributed by atoms with Crippen LogP contribution in [0.15, 0.2) is 35.1 Å². The quantitative estimate of drug-likeness (QED) is 0.705. The molecule has 8 heteroatoms. The molecular weight excluding hydrogens is 349 g/mol. The molecule has 0 N–H and O–H groups in total. The number of rotatable bonds is 4. The van der Waals surface area contributed by atoms with Gasteiger partial charge < -0.3 is 18.8 Å². The van der Waals surface area contributed by atoms with Crippen LogP contribution in [0.1, 0.15) is 23.3 Å². The van der Waals surface area contributed by atoms with Crippen LogP contribution in [0.25, 0.3) is 11.1 Å². The number of hydrogen-bond donors (Lipinski definition) is 0. The molecule has 0 spiro atoms. The smallest absolute Gasteiger partial charge is 0.298 e. The van der Waals surface area contributed by atoms with Gasteiger partial charge in [0.15, 0.2) is 5.58 Å². The summed E-state index contributed by atoms with van der Waals surface area (Å²) < 4.78 is 20.8. The summed E-state index contributed by atoms with van der Waals surface area (Å²) in [5.41, 5.74) is 1.60. The van der Waals surface area contributed by atoms with Crippen molar-refractivity contribution in [1.29, 1.82) is 0 Å². The monoisotopic (exact) mass is 371 g/mol. The second-order valence-electron chi connectivity index (χ2n) is 7.15. The van der Waals surface area contributed by atoms with E-state index in [-0.39, 0.29) is 11.7 Å². The average molecular weight is 371 g/mol. The molecule has 0 atom stereocenters. The minimum Gasteiger partial charge on any atom is -0.423 e. The summed E-state index contributed by atoms with van der Waals surface area (Å²) >= 11 is 0. The highest BCUT2D eigenvalue weighted by Crippen LogP contribution is 2.27.